The molecule has 24 heavy (non-hydrogen) atoms. The van der Waals surface area contributed by atoms with Gasteiger partial charge < -0.3 is 4.90 Å². The first kappa shape index (κ1) is 17.6. The third-order valence-corrected chi connectivity index (χ3v) is 6.50. The summed E-state index contributed by atoms with van der Waals surface area (Å²) < 4.78 is 1.57. The summed E-state index contributed by atoms with van der Waals surface area (Å²) in [6, 6.07) is 7.97. The van der Waals surface area contributed by atoms with E-state index in [9.17, 15) is 4.79 Å². The van der Waals surface area contributed by atoms with Crippen molar-refractivity contribution >= 4 is 41.0 Å². The molecule has 0 bridgehead atoms. The van der Waals surface area contributed by atoms with E-state index >= 15 is 0 Å². The Hall–Kier alpha value is -1.25. The van der Waals surface area contributed by atoms with Gasteiger partial charge in [-0.25, -0.2) is 4.68 Å². The van der Waals surface area contributed by atoms with Crippen molar-refractivity contribution in [2.24, 2.45) is 7.05 Å². The largest absolute Gasteiger partial charge is 0.341 e. The Balaban J connectivity index is 1.56. The van der Waals surface area contributed by atoms with Gasteiger partial charge in [0.2, 0.25) is 11.1 Å². The second-order valence-corrected chi connectivity index (χ2v) is 8.08. The molecule has 0 unspecified atom stereocenters. The van der Waals surface area contributed by atoms with Gasteiger partial charge >= 0.3 is 0 Å². The van der Waals surface area contributed by atoms with Gasteiger partial charge in [0.15, 0.2) is 0 Å². The van der Waals surface area contributed by atoms with E-state index in [1.54, 1.807) is 11.7 Å². The van der Waals surface area contributed by atoms with Gasteiger partial charge in [-0.05, 0) is 28.5 Å². The Morgan fingerprint density at radius 1 is 1.42 bits per heavy atom. The highest BCUT2D eigenvalue weighted by molar-refractivity contribution is 8.00. The maximum absolute atomic E-state index is 12.5. The molecule has 3 rings (SSSR count). The first-order chi connectivity index (χ1) is 11.6. The van der Waals surface area contributed by atoms with Gasteiger partial charge in [0.1, 0.15) is 0 Å². The van der Waals surface area contributed by atoms with Crippen molar-refractivity contribution in [3.05, 3.63) is 34.9 Å². The van der Waals surface area contributed by atoms with Crippen LogP contribution in [0.5, 0.6) is 0 Å². The lowest BCUT2D eigenvalue weighted by Gasteiger charge is -2.20. The summed E-state index contributed by atoms with van der Waals surface area (Å²) in [6.45, 7) is 1.52. The van der Waals surface area contributed by atoms with Crippen LogP contribution in [0.25, 0.3) is 0 Å². The third kappa shape index (κ3) is 4.23. The average Bonchev–Trinajstić information content (AvgIpc) is 2.84. The number of thioether (sulfide) groups is 2. The summed E-state index contributed by atoms with van der Waals surface area (Å²) >= 11 is 9.55. The van der Waals surface area contributed by atoms with Crippen molar-refractivity contribution < 1.29 is 4.79 Å². The van der Waals surface area contributed by atoms with Gasteiger partial charge in [0, 0.05) is 36.2 Å². The number of carbonyl (C=O) groups is 1. The van der Waals surface area contributed by atoms with Crippen LogP contribution in [0, 0.1) is 0 Å². The van der Waals surface area contributed by atoms with E-state index < -0.39 is 0 Å². The number of rotatable bonds is 4. The van der Waals surface area contributed by atoms with Crippen LogP contribution in [-0.2, 0) is 11.8 Å². The average molecular weight is 384 g/mol. The number of tetrazole rings is 1. The third-order valence-electron chi connectivity index (χ3n) is 3.85. The highest BCUT2D eigenvalue weighted by atomic mass is 35.5. The molecule has 1 atom stereocenters. The molecule has 9 heteroatoms. The standard InChI is InChI=1S/C15H18ClN5OS2/c1-20-15(17-18-19-20)24-10-14(22)21-7-6-13(23-9-8-21)11-4-2-3-5-12(11)16/h2-5,13H,6-10H2,1H3/t13-/m0/s1. The number of aryl methyl sites for hydroxylation is 1. The van der Waals surface area contributed by atoms with Gasteiger partial charge in [0.05, 0.1) is 5.75 Å². The van der Waals surface area contributed by atoms with Crippen LogP contribution in [0.15, 0.2) is 29.4 Å². The predicted molar refractivity (Wildman–Crippen MR) is 97.4 cm³/mol. The fraction of sp³-hybridized carbons (Fsp3) is 0.467. The summed E-state index contributed by atoms with van der Waals surface area (Å²) in [5, 5.41) is 13.0. The molecule has 1 aliphatic rings. The number of nitrogens with zero attached hydrogens (tertiary/aromatic N) is 5. The predicted octanol–water partition coefficient (Wildman–Crippen LogP) is 2.66. The molecule has 2 heterocycles. The Bertz CT molecular complexity index is 711. The van der Waals surface area contributed by atoms with Crippen molar-refractivity contribution in [1.29, 1.82) is 0 Å². The molecule has 1 fully saturated rings. The number of carbonyl (C=O) groups excluding carboxylic acids is 1. The summed E-state index contributed by atoms with van der Waals surface area (Å²) in [7, 11) is 1.77. The number of aromatic nitrogens is 4. The van der Waals surface area contributed by atoms with E-state index in [4.69, 9.17) is 11.6 Å². The first-order valence-electron chi connectivity index (χ1n) is 7.64. The molecule has 0 spiro atoms. The minimum Gasteiger partial charge on any atom is -0.341 e. The van der Waals surface area contributed by atoms with Crippen LogP contribution in [0.1, 0.15) is 17.2 Å². The SMILES string of the molecule is Cn1nnnc1SCC(=O)N1CCS[C@H](c2ccccc2Cl)CC1. The van der Waals surface area contributed by atoms with Crippen molar-refractivity contribution in [1.82, 2.24) is 25.1 Å². The second-order valence-electron chi connectivity index (χ2n) is 5.42. The summed E-state index contributed by atoms with van der Waals surface area (Å²) in [6.07, 6.45) is 0.913. The fourth-order valence-corrected chi connectivity index (χ4v) is 4.92. The zero-order valence-electron chi connectivity index (χ0n) is 13.3. The number of amides is 1. The van der Waals surface area contributed by atoms with Crippen molar-refractivity contribution in [3.8, 4) is 0 Å². The number of hydrogen-bond donors (Lipinski definition) is 0. The first-order valence-corrected chi connectivity index (χ1v) is 10.1. The summed E-state index contributed by atoms with van der Waals surface area (Å²) in [5.74, 6) is 1.40. The van der Waals surface area contributed by atoms with Crippen molar-refractivity contribution in [2.75, 3.05) is 24.6 Å². The van der Waals surface area contributed by atoms with E-state index in [0.29, 0.717) is 16.2 Å². The fourth-order valence-electron chi connectivity index (χ4n) is 2.57. The Labute approximate surface area is 154 Å². The van der Waals surface area contributed by atoms with Crippen LogP contribution >= 0.6 is 35.1 Å². The normalized spacial score (nSPS) is 18.4. The lowest BCUT2D eigenvalue weighted by molar-refractivity contribution is -0.128. The monoisotopic (exact) mass is 383 g/mol. The van der Waals surface area contributed by atoms with Gasteiger partial charge in [-0.2, -0.15) is 11.8 Å². The van der Waals surface area contributed by atoms with E-state index in [2.05, 4.69) is 21.6 Å². The Morgan fingerprint density at radius 3 is 3.00 bits per heavy atom. The molecule has 1 amide bonds. The Morgan fingerprint density at radius 2 is 2.25 bits per heavy atom. The van der Waals surface area contributed by atoms with E-state index in [1.807, 2.05) is 34.9 Å². The lowest BCUT2D eigenvalue weighted by atomic mass is 10.1. The van der Waals surface area contributed by atoms with Gasteiger partial charge in [-0.3, -0.25) is 4.79 Å². The molecular formula is C15H18ClN5OS2. The zero-order chi connectivity index (χ0) is 16.9. The molecule has 128 valence electrons. The minimum absolute atomic E-state index is 0.128. The quantitative estimate of drug-likeness (QED) is 0.756. The molecule has 1 aromatic carbocycles. The molecule has 0 aliphatic carbocycles. The highest BCUT2D eigenvalue weighted by Crippen LogP contribution is 2.37. The minimum atomic E-state index is 0.128. The highest BCUT2D eigenvalue weighted by Gasteiger charge is 2.23. The summed E-state index contributed by atoms with van der Waals surface area (Å²) in [4.78, 5) is 14.4. The molecular weight excluding hydrogens is 366 g/mol. The topological polar surface area (TPSA) is 63.9 Å². The molecule has 2 aromatic rings. The van der Waals surface area contributed by atoms with Crippen LogP contribution in [-0.4, -0.2) is 55.6 Å². The molecule has 0 saturated carbocycles. The van der Waals surface area contributed by atoms with E-state index in [0.717, 1.165) is 35.8 Å². The smallest absolute Gasteiger partial charge is 0.233 e. The maximum atomic E-state index is 12.5. The molecule has 1 aliphatic heterocycles. The number of benzene rings is 1. The Kier molecular flexibility index (Phi) is 6.02. The molecule has 6 nitrogen and oxygen atoms in total. The molecule has 0 radical (unpaired) electrons. The maximum Gasteiger partial charge on any atom is 0.233 e. The van der Waals surface area contributed by atoms with E-state index in [1.165, 1.54) is 11.8 Å². The second kappa shape index (κ2) is 8.22. The molecule has 1 aromatic heterocycles. The number of halogens is 1. The lowest BCUT2D eigenvalue weighted by Crippen LogP contribution is -2.34. The van der Waals surface area contributed by atoms with Crippen LogP contribution in [0.3, 0.4) is 0 Å². The van der Waals surface area contributed by atoms with Gasteiger partial charge in [0.25, 0.3) is 0 Å². The summed E-state index contributed by atoms with van der Waals surface area (Å²) in [5.41, 5.74) is 1.16. The van der Waals surface area contributed by atoms with Crippen LogP contribution in [0.4, 0.5) is 0 Å². The van der Waals surface area contributed by atoms with Gasteiger partial charge in [-0.1, -0.05) is 41.6 Å². The van der Waals surface area contributed by atoms with Crippen LogP contribution < -0.4 is 0 Å². The van der Waals surface area contributed by atoms with Crippen molar-refractivity contribution in [3.63, 3.8) is 0 Å². The van der Waals surface area contributed by atoms with Gasteiger partial charge in [-0.15, -0.1) is 5.10 Å². The van der Waals surface area contributed by atoms with Crippen molar-refractivity contribution in [2.45, 2.75) is 16.8 Å². The molecule has 1 saturated heterocycles. The van der Waals surface area contributed by atoms with E-state index in [-0.39, 0.29) is 5.91 Å². The zero-order valence-corrected chi connectivity index (χ0v) is 15.6. The number of hydrogen-bond acceptors (Lipinski definition) is 6. The van der Waals surface area contributed by atoms with Crippen LogP contribution in [0.2, 0.25) is 5.02 Å². The molecule has 0 N–H and O–H groups in total.